The summed E-state index contributed by atoms with van der Waals surface area (Å²) in [5.41, 5.74) is 0. The SMILES string of the molecule is CCC(C)[C@H](C)C1CC2CCC1C2. The maximum absolute atomic E-state index is 2.50. The molecule has 76 valence electrons. The Morgan fingerprint density at radius 3 is 2.38 bits per heavy atom. The molecule has 0 nitrogen and oxygen atoms in total. The van der Waals surface area contributed by atoms with Gasteiger partial charge in [-0.25, -0.2) is 0 Å². The van der Waals surface area contributed by atoms with Crippen molar-refractivity contribution >= 4 is 0 Å². The van der Waals surface area contributed by atoms with Crippen molar-refractivity contribution in [3.8, 4) is 0 Å². The van der Waals surface area contributed by atoms with Crippen molar-refractivity contribution in [2.24, 2.45) is 29.6 Å². The van der Waals surface area contributed by atoms with Crippen molar-refractivity contribution in [1.29, 1.82) is 0 Å². The van der Waals surface area contributed by atoms with E-state index in [2.05, 4.69) is 20.8 Å². The quantitative estimate of drug-likeness (QED) is 0.613. The smallest absolute Gasteiger partial charge is 0.0355 e. The molecule has 2 saturated carbocycles. The van der Waals surface area contributed by atoms with Crippen molar-refractivity contribution in [2.75, 3.05) is 0 Å². The lowest BCUT2D eigenvalue weighted by atomic mass is 9.74. The van der Waals surface area contributed by atoms with Crippen LogP contribution in [-0.4, -0.2) is 0 Å². The molecule has 0 amide bonds. The Bertz CT molecular complexity index is 173. The molecule has 0 aromatic rings. The van der Waals surface area contributed by atoms with Gasteiger partial charge in [0.25, 0.3) is 0 Å². The molecule has 2 aliphatic carbocycles. The molecule has 0 saturated heterocycles. The molecular formula is C13H24. The standard InChI is InChI=1S/C13H24/c1-4-9(2)10(3)13-8-11-5-6-12(13)7-11/h9-13H,4-8H2,1-3H3/t9?,10-,11?,12?,13?/m0/s1. The average molecular weight is 180 g/mol. The molecule has 2 fully saturated rings. The van der Waals surface area contributed by atoms with E-state index in [1.54, 1.807) is 25.7 Å². The highest BCUT2D eigenvalue weighted by Gasteiger charge is 2.42. The van der Waals surface area contributed by atoms with Crippen LogP contribution in [0.4, 0.5) is 0 Å². The molecule has 2 aliphatic rings. The molecule has 4 unspecified atom stereocenters. The first-order valence-corrected chi connectivity index (χ1v) is 6.22. The highest BCUT2D eigenvalue weighted by molar-refractivity contribution is 4.92. The summed E-state index contributed by atoms with van der Waals surface area (Å²) in [4.78, 5) is 0. The summed E-state index contributed by atoms with van der Waals surface area (Å²) in [6.07, 6.45) is 7.61. The summed E-state index contributed by atoms with van der Waals surface area (Å²) in [5, 5.41) is 0. The summed E-state index contributed by atoms with van der Waals surface area (Å²) in [6, 6.07) is 0. The van der Waals surface area contributed by atoms with Crippen molar-refractivity contribution in [2.45, 2.75) is 52.9 Å². The highest BCUT2D eigenvalue weighted by atomic mass is 14.5. The lowest BCUT2D eigenvalue weighted by Crippen LogP contribution is -2.23. The second kappa shape index (κ2) is 3.63. The molecule has 0 aliphatic heterocycles. The molecule has 0 spiro atoms. The topological polar surface area (TPSA) is 0 Å². The van der Waals surface area contributed by atoms with E-state index in [1.165, 1.54) is 6.42 Å². The minimum atomic E-state index is 0.948. The van der Waals surface area contributed by atoms with Gasteiger partial charge in [0.1, 0.15) is 0 Å². The van der Waals surface area contributed by atoms with Gasteiger partial charge in [-0.05, 0) is 48.9 Å². The van der Waals surface area contributed by atoms with Gasteiger partial charge in [0.15, 0.2) is 0 Å². The summed E-state index contributed by atoms with van der Waals surface area (Å²) < 4.78 is 0. The van der Waals surface area contributed by atoms with Crippen LogP contribution < -0.4 is 0 Å². The molecule has 5 atom stereocenters. The Morgan fingerprint density at radius 2 is 1.92 bits per heavy atom. The number of fused-ring (bicyclic) bond motifs is 2. The van der Waals surface area contributed by atoms with E-state index in [4.69, 9.17) is 0 Å². The molecular weight excluding hydrogens is 156 g/mol. The highest BCUT2D eigenvalue weighted by Crippen LogP contribution is 2.52. The van der Waals surface area contributed by atoms with E-state index in [9.17, 15) is 0 Å². The van der Waals surface area contributed by atoms with Gasteiger partial charge in [0, 0.05) is 0 Å². The van der Waals surface area contributed by atoms with E-state index in [0.29, 0.717) is 0 Å². The number of hydrogen-bond acceptors (Lipinski definition) is 0. The summed E-state index contributed by atoms with van der Waals surface area (Å²) in [6.45, 7) is 7.28. The minimum absolute atomic E-state index is 0.948. The molecule has 13 heavy (non-hydrogen) atoms. The predicted octanol–water partition coefficient (Wildman–Crippen LogP) is 4.10. The lowest BCUT2D eigenvalue weighted by molar-refractivity contribution is 0.183. The summed E-state index contributed by atoms with van der Waals surface area (Å²) in [5.74, 6) is 5.27. The van der Waals surface area contributed by atoms with Crippen LogP contribution in [0, 0.1) is 29.6 Å². The van der Waals surface area contributed by atoms with Gasteiger partial charge in [-0.15, -0.1) is 0 Å². The van der Waals surface area contributed by atoms with E-state index >= 15 is 0 Å². The first-order valence-electron chi connectivity index (χ1n) is 6.22. The Kier molecular flexibility index (Phi) is 2.67. The van der Waals surface area contributed by atoms with Gasteiger partial charge in [-0.3, -0.25) is 0 Å². The fraction of sp³-hybridized carbons (Fsp3) is 1.00. The number of rotatable bonds is 3. The maximum Gasteiger partial charge on any atom is -0.0355 e. The Hall–Kier alpha value is 0. The van der Waals surface area contributed by atoms with Crippen molar-refractivity contribution in [3.05, 3.63) is 0 Å². The predicted molar refractivity (Wildman–Crippen MR) is 57.6 cm³/mol. The first kappa shape index (κ1) is 9.55. The van der Waals surface area contributed by atoms with E-state index in [-0.39, 0.29) is 0 Å². The van der Waals surface area contributed by atoms with Gasteiger partial charge >= 0.3 is 0 Å². The lowest BCUT2D eigenvalue weighted by Gasteiger charge is -2.31. The Labute approximate surface area is 83.1 Å². The molecule has 0 N–H and O–H groups in total. The monoisotopic (exact) mass is 180 g/mol. The van der Waals surface area contributed by atoms with Crippen LogP contribution in [0.15, 0.2) is 0 Å². The molecule has 0 radical (unpaired) electrons. The molecule has 2 bridgehead atoms. The van der Waals surface area contributed by atoms with Crippen LogP contribution in [0.3, 0.4) is 0 Å². The third-order valence-electron chi connectivity index (χ3n) is 5.01. The largest absolute Gasteiger partial charge is 0.0651 e. The van der Waals surface area contributed by atoms with Gasteiger partial charge in [0.05, 0.1) is 0 Å². The van der Waals surface area contributed by atoms with E-state index < -0.39 is 0 Å². The zero-order valence-electron chi connectivity index (χ0n) is 9.42. The zero-order valence-corrected chi connectivity index (χ0v) is 9.42. The van der Waals surface area contributed by atoms with Gasteiger partial charge in [0.2, 0.25) is 0 Å². The maximum atomic E-state index is 2.50. The minimum Gasteiger partial charge on any atom is -0.0651 e. The third kappa shape index (κ3) is 1.65. The number of hydrogen-bond donors (Lipinski definition) is 0. The van der Waals surface area contributed by atoms with E-state index in [0.717, 1.165) is 29.6 Å². The van der Waals surface area contributed by atoms with Gasteiger partial charge < -0.3 is 0 Å². The second-order valence-electron chi connectivity index (χ2n) is 5.58. The van der Waals surface area contributed by atoms with Crippen molar-refractivity contribution in [1.82, 2.24) is 0 Å². The van der Waals surface area contributed by atoms with E-state index in [1.807, 2.05) is 0 Å². The molecule has 0 heterocycles. The summed E-state index contributed by atoms with van der Waals surface area (Å²) in [7, 11) is 0. The van der Waals surface area contributed by atoms with Gasteiger partial charge in [-0.2, -0.15) is 0 Å². The van der Waals surface area contributed by atoms with Gasteiger partial charge in [-0.1, -0.05) is 33.6 Å². The molecule has 0 heteroatoms. The molecule has 0 aromatic carbocycles. The average Bonchev–Trinajstić information content (AvgIpc) is 2.76. The molecule has 2 rings (SSSR count). The van der Waals surface area contributed by atoms with Crippen molar-refractivity contribution in [3.63, 3.8) is 0 Å². The van der Waals surface area contributed by atoms with Crippen LogP contribution >= 0.6 is 0 Å². The van der Waals surface area contributed by atoms with Crippen LogP contribution in [0.25, 0.3) is 0 Å². The Balaban J connectivity index is 1.94. The fourth-order valence-corrected chi connectivity index (χ4v) is 3.73. The van der Waals surface area contributed by atoms with Crippen molar-refractivity contribution < 1.29 is 0 Å². The summed E-state index contributed by atoms with van der Waals surface area (Å²) >= 11 is 0. The van der Waals surface area contributed by atoms with Crippen LogP contribution in [-0.2, 0) is 0 Å². The second-order valence-corrected chi connectivity index (χ2v) is 5.58. The Morgan fingerprint density at radius 1 is 1.15 bits per heavy atom. The zero-order chi connectivity index (χ0) is 9.42. The molecule has 0 aromatic heterocycles. The fourth-order valence-electron chi connectivity index (χ4n) is 3.73. The normalized spacial score (nSPS) is 42.2. The van der Waals surface area contributed by atoms with Crippen LogP contribution in [0.1, 0.15) is 52.9 Å². The van der Waals surface area contributed by atoms with Crippen LogP contribution in [0.2, 0.25) is 0 Å². The third-order valence-corrected chi connectivity index (χ3v) is 5.01. The van der Waals surface area contributed by atoms with Crippen LogP contribution in [0.5, 0.6) is 0 Å². The first-order chi connectivity index (χ1) is 6.22.